The average molecular weight is 204 g/mol. The van der Waals surface area contributed by atoms with E-state index < -0.39 is 0 Å². The summed E-state index contributed by atoms with van der Waals surface area (Å²) < 4.78 is 0. The van der Waals surface area contributed by atoms with Gasteiger partial charge in [-0.05, 0) is 31.1 Å². The van der Waals surface area contributed by atoms with Crippen LogP contribution in [0.25, 0.3) is 0 Å². The Morgan fingerprint density at radius 1 is 1.27 bits per heavy atom. The first-order chi connectivity index (χ1) is 7.09. The molecule has 0 amide bonds. The molecular formula is C13H20N2. The van der Waals surface area contributed by atoms with Gasteiger partial charge in [0.2, 0.25) is 0 Å². The van der Waals surface area contributed by atoms with Crippen LogP contribution in [0.15, 0.2) is 24.3 Å². The lowest BCUT2D eigenvalue weighted by atomic mass is 9.82. The predicted molar refractivity (Wildman–Crippen MR) is 64.9 cm³/mol. The molecule has 2 heteroatoms. The summed E-state index contributed by atoms with van der Waals surface area (Å²) in [4.78, 5) is 2.49. The van der Waals surface area contributed by atoms with Crippen molar-refractivity contribution < 1.29 is 0 Å². The molecule has 0 bridgehead atoms. The number of benzene rings is 1. The van der Waals surface area contributed by atoms with E-state index >= 15 is 0 Å². The molecular weight excluding hydrogens is 184 g/mol. The maximum Gasteiger partial charge on any atom is 0.0352 e. The summed E-state index contributed by atoms with van der Waals surface area (Å²) in [5.74, 6) is 0. The Morgan fingerprint density at radius 2 is 1.93 bits per heavy atom. The van der Waals surface area contributed by atoms with Crippen LogP contribution < -0.4 is 5.73 Å². The Labute approximate surface area is 92.1 Å². The minimum Gasteiger partial charge on any atom is -0.398 e. The zero-order valence-corrected chi connectivity index (χ0v) is 9.66. The predicted octanol–water partition coefficient (Wildman–Crippen LogP) is 2.25. The molecule has 2 nitrogen and oxygen atoms in total. The number of nitrogens with two attached hydrogens (primary N) is 1. The van der Waals surface area contributed by atoms with E-state index in [9.17, 15) is 0 Å². The van der Waals surface area contributed by atoms with Crippen molar-refractivity contribution in [2.24, 2.45) is 0 Å². The maximum absolute atomic E-state index is 6.02. The van der Waals surface area contributed by atoms with Crippen LogP contribution in [0.3, 0.4) is 0 Å². The van der Waals surface area contributed by atoms with Crippen LogP contribution in [-0.4, -0.2) is 24.5 Å². The van der Waals surface area contributed by atoms with Gasteiger partial charge in [-0.25, -0.2) is 0 Å². The minimum absolute atomic E-state index is 0.158. The highest BCUT2D eigenvalue weighted by Gasteiger charge is 2.27. The fraction of sp³-hybridized carbons (Fsp3) is 0.538. The summed E-state index contributed by atoms with van der Waals surface area (Å²) in [6.45, 7) is 8.15. The molecule has 1 fully saturated rings. The van der Waals surface area contributed by atoms with Gasteiger partial charge < -0.3 is 10.6 Å². The number of hydrogen-bond acceptors (Lipinski definition) is 2. The van der Waals surface area contributed by atoms with Crippen molar-refractivity contribution in [1.29, 1.82) is 0 Å². The van der Waals surface area contributed by atoms with Crippen LogP contribution in [0.4, 0.5) is 5.69 Å². The monoisotopic (exact) mass is 204 g/mol. The number of rotatable bonds is 3. The molecule has 15 heavy (non-hydrogen) atoms. The van der Waals surface area contributed by atoms with E-state index in [-0.39, 0.29) is 5.41 Å². The fourth-order valence-electron chi connectivity index (χ4n) is 2.30. The summed E-state index contributed by atoms with van der Waals surface area (Å²) in [6, 6.07) is 8.21. The van der Waals surface area contributed by atoms with E-state index in [1.807, 2.05) is 12.1 Å². The van der Waals surface area contributed by atoms with Crippen molar-refractivity contribution in [3.63, 3.8) is 0 Å². The maximum atomic E-state index is 6.02. The zero-order valence-electron chi connectivity index (χ0n) is 9.66. The normalized spacial score (nSPS) is 17.5. The molecule has 1 aliphatic heterocycles. The molecule has 0 radical (unpaired) electrons. The molecule has 0 aromatic heterocycles. The minimum atomic E-state index is 0.158. The van der Waals surface area contributed by atoms with Gasteiger partial charge in [-0.2, -0.15) is 0 Å². The number of para-hydroxylation sites is 1. The lowest BCUT2D eigenvalue weighted by molar-refractivity contribution is 0.147. The standard InChI is InChI=1S/C13H20N2/c1-13(2,10-15-8-5-9-15)11-6-3-4-7-12(11)14/h3-4,6-7H,5,8-10,14H2,1-2H3. The van der Waals surface area contributed by atoms with Crippen molar-refractivity contribution in [1.82, 2.24) is 4.90 Å². The largest absolute Gasteiger partial charge is 0.398 e. The molecule has 2 N–H and O–H groups in total. The third kappa shape index (κ3) is 2.15. The summed E-state index contributed by atoms with van der Waals surface area (Å²) in [6.07, 6.45) is 1.35. The average Bonchev–Trinajstić information content (AvgIpc) is 2.12. The van der Waals surface area contributed by atoms with E-state index in [0.29, 0.717) is 0 Å². The molecule has 1 aromatic rings. The number of nitrogen functional groups attached to an aromatic ring is 1. The van der Waals surface area contributed by atoms with Crippen LogP contribution in [0.5, 0.6) is 0 Å². The second-order valence-electron chi connectivity index (χ2n) is 5.10. The lowest BCUT2D eigenvalue weighted by Gasteiger charge is -2.38. The van der Waals surface area contributed by atoms with Crippen LogP contribution >= 0.6 is 0 Å². The fourth-order valence-corrected chi connectivity index (χ4v) is 2.30. The SMILES string of the molecule is CC(C)(CN1CCC1)c1ccccc1N. The Morgan fingerprint density at radius 3 is 2.47 bits per heavy atom. The van der Waals surface area contributed by atoms with Crippen molar-refractivity contribution in [3.05, 3.63) is 29.8 Å². The third-order valence-corrected chi connectivity index (χ3v) is 3.26. The zero-order chi connectivity index (χ0) is 10.9. The van der Waals surface area contributed by atoms with Gasteiger partial charge in [0.05, 0.1) is 0 Å². The quantitative estimate of drug-likeness (QED) is 0.765. The Kier molecular flexibility index (Phi) is 2.70. The highest BCUT2D eigenvalue weighted by molar-refractivity contribution is 5.50. The summed E-state index contributed by atoms with van der Waals surface area (Å²) in [7, 11) is 0. The molecule has 0 unspecified atom stereocenters. The highest BCUT2D eigenvalue weighted by atomic mass is 15.2. The Balaban J connectivity index is 2.16. The van der Waals surface area contributed by atoms with Crippen LogP contribution in [0.1, 0.15) is 25.8 Å². The van der Waals surface area contributed by atoms with Gasteiger partial charge in [0.15, 0.2) is 0 Å². The van der Waals surface area contributed by atoms with Crippen molar-refractivity contribution in [2.45, 2.75) is 25.7 Å². The second-order valence-corrected chi connectivity index (χ2v) is 5.10. The highest BCUT2D eigenvalue weighted by Crippen LogP contribution is 2.30. The van der Waals surface area contributed by atoms with Gasteiger partial charge in [-0.15, -0.1) is 0 Å². The van der Waals surface area contributed by atoms with Gasteiger partial charge in [-0.1, -0.05) is 32.0 Å². The van der Waals surface area contributed by atoms with E-state index in [0.717, 1.165) is 12.2 Å². The van der Waals surface area contributed by atoms with Gasteiger partial charge >= 0.3 is 0 Å². The number of hydrogen-bond donors (Lipinski definition) is 1. The molecule has 0 saturated carbocycles. The number of nitrogens with zero attached hydrogens (tertiary/aromatic N) is 1. The van der Waals surface area contributed by atoms with Crippen LogP contribution in [-0.2, 0) is 5.41 Å². The third-order valence-electron chi connectivity index (χ3n) is 3.26. The van der Waals surface area contributed by atoms with Gasteiger partial charge in [-0.3, -0.25) is 0 Å². The summed E-state index contributed by atoms with van der Waals surface area (Å²) in [5, 5.41) is 0. The van der Waals surface area contributed by atoms with Gasteiger partial charge in [0.1, 0.15) is 0 Å². The van der Waals surface area contributed by atoms with Gasteiger partial charge in [0, 0.05) is 17.6 Å². The van der Waals surface area contributed by atoms with Crippen molar-refractivity contribution in [2.75, 3.05) is 25.4 Å². The molecule has 2 rings (SSSR count). The molecule has 1 aliphatic rings. The number of likely N-dealkylation sites (tertiary alicyclic amines) is 1. The van der Waals surface area contributed by atoms with E-state index in [1.54, 1.807) is 0 Å². The summed E-state index contributed by atoms with van der Waals surface area (Å²) >= 11 is 0. The van der Waals surface area contributed by atoms with E-state index in [1.165, 1.54) is 25.1 Å². The molecule has 0 aliphatic carbocycles. The van der Waals surface area contributed by atoms with E-state index in [4.69, 9.17) is 5.73 Å². The molecule has 1 heterocycles. The first kappa shape index (κ1) is 10.5. The Bertz CT molecular complexity index is 340. The molecule has 0 atom stereocenters. The second kappa shape index (κ2) is 3.86. The first-order valence-electron chi connectivity index (χ1n) is 5.67. The van der Waals surface area contributed by atoms with Crippen LogP contribution in [0, 0.1) is 0 Å². The Hall–Kier alpha value is -1.02. The molecule has 1 saturated heterocycles. The van der Waals surface area contributed by atoms with E-state index in [2.05, 4.69) is 30.9 Å². The molecule has 82 valence electrons. The van der Waals surface area contributed by atoms with Crippen molar-refractivity contribution in [3.8, 4) is 0 Å². The number of anilines is 1. The molecule has 0 spiro atoms. The molecule has 1 aromatic carbocycles. The summed E-state index contributed by atoms with van der Waals surface area (Å²) in [5.41, 5.74) is 8.38. The van der Waals surface area contributed by atoms with Crippen molar-refractivity contribution >= 4 is 5.69 Å². The smallest absolute Gasteiger partial charge is 0.0352 e. The van der Waals surface area contributed by atoms with Crippen LogP contribution in [0.2, 0.25) is 0 Å². The topological polar surface area (TPSA) is 29.3 Å². The lowest BCUT2D eigenvalue weighted by Crippen LogP contribution is -2.45. The first-order valence-corrected chi connectivity index (χ1v) is 5.67. The van der Waals surface area contributed by atoms with Gasteiger partial charge in [0.25, 0.3) is 0 Å².